The van der Waals surface area contributed by atoms with Crippen LogP contribution in [-0.2, 0) is 11.3 Å². The Balaban J connectivity index is 3.00. The molecule has 108 valence electrons. The molecule has 1 rings (SSSR count). The highest BCUT2D eigenvalue weighted by Crippen LogP contribution is 2.21. The van der Waals surface area contributed by atoms with Crippen molar-refractivity contribution in [2.24, 2.45) is 5.90 Å². The molecule has 0 aliphatic carbocycles. The zero-order valence-electron chi connectivity index (χ0n) is 11.8. The standard InChI is InChI=1S/C14H18IN3O2/c1-14(2,3)18(13(19)20-17)12(9-16)8-10-4-6-11(15)7-5-10/h4-7,12H,8,17H2,1-3H3/t12-/m0/s1. The zero-order chi connectivity index (χ0) is 15.3. The maximum atomic E-state index is 11.8. The fraction of sp³-hybridized carbons (Fsp3) is 0.429. The van der Waals surface area contributed by atoms with E-state index in [4.69, 9.17) is 5.90 Å². The fourth-order valence-corrected chi connectivity index (χ4v) is 2.32. The first kappa shape index (κ1) is 16.7. The van der Waals surface area contributed by atoms with Crippen LogP contribution < -0.4 is 5.90 Å². The Bertz CT molecular complexity index is 503. The summed E-state index contributed by atoms with van der Waals surface area (Å²) in [6.45, 7) is 5.51. The van der Waals surface area contributed by atoms with Gasteiger partial charge in [-0.2, -0.15) is 11.2 Å². The van der Waals surface area contributed by atoms with Crippen molar-refractivity contribution in [2.45, 2.75) is 38.8 Å². The number of nitriles is 1. The summed E-state index contributed by atoms with van der Waals surface area (Å²) in [6.07, 6.45) is -0.269. The van der Waals surface area contributed by atoms with Gasteiger partial charge in [-0.15, -0.1) is 0 Å². The molecule has 2 N–H and O–H groups in total. The molecule has 0 saturated carbocycles. The average Bonchev–Trinajstić information content (AvgIpc) is 2.38. The zero-order valence-corrected chi connectivity index (χ0v) is 13.9. The third-order valence-electron chi connectivity index (χ3n) is 2.82. The summed E-state index contributed by atoms with van der Waals surface area (Å²) in [4.78, 5) is 17.5. The number of nitrogens with two attached hydrogens (primary N) is 1. The Morgan fingerprint density at radius 1 is 1.45 bits per heavy atom. The Morgan fingerprint density at radius 2 is 2.00 bits per heavy atom. The lowest BCUT2D eigenvalue weighted by molar-refractivity contribution is 0.0555. The molecule has 0 bridgehead atoms. The van der Waals surface area contributed by atoms with Gasteiger partial charge in [0, 0.05) is 15.5 Å². The molecule has 1 atom stereocenters. The molecular weight excluding hydrogens is 369 g/mol. The molecule has 0 aliphatic heterocycles. The Labute approximate surface area is 132 Å². The lowest BCUT2D eigenvalue weighted by Crippen LogP contribution is -2.52. The molecule has 0 unspecified atom stereocenters. The first-order valence-corrected chi connectivity index (χ1v) is 7.21. The van der Waals surface area contributed by atoms with Crippen molar-refractivity contribution in [3.8, 4) is 6.07 Å². The van der Waals surface area contributed by atoms with E-state index >= 15 is 0 Å². The van der Waals surface area contributed by atoms with Gasteiger partial charge >= 0.3 is 6.09 Å². The molecule has 0 saturated heterocycles. The van der Waals surface area contributed by atoms with Gasteiger partial charge in [-0.1, -0.05) is 12.1 Å². The minimum Gasteiger partial charge on any atom is -0.357 e. The number of amides is 1. The van der Waals surface area contributed by atoms with Crippen LogP contribution in [-0.4, -0.2) is 22.6 Å². The second kappa shape index (κ2) is 6.90. The van der Waals surface area contributed by atoms with Gasteiger partial charge in [0.1, 0.15) is 6.04 Å². The minimum absolute atomic E-state index is 0.430. The molecule has 1 aromatic rings. The molecular formula is C14H18IN3O2. The van der Waals surface area contributed by atoms with Crippen molar-refractivity contribution < 1.29 is 9.63 Å². The van der Waals surface area contributed by atoms with Gasteiger partial charge < -0.3 is 4.84 Å². The number of carbonyl (C=O) groups is 1. The molecule has 1 amide bonds. The molecule has 20 heavy (non-hydrogen) atoms. The highest BCUT2D eigenvalue weighted by molar-refractivity contribution is 14.1. The van der Waals surface area contributed by atoms with Crippen molar-refractivity contribution >= 4 is 28.7 Å². The average molecular weight is 387 g/mol. The van der Waals surface area contributed by atoms with Gasteiger partial charge in [0.15, 0.2) is 0 Å². The van der Waals surface area contributed by atoms with Crippen LogP contribution in [0.4, 0.5) is 4.79 Å². The van der Waals surface area contributed by atoms with Crippen LogP contribution in [0.1, 0.15) is 26.3 Å². The van der Waals surface area contributed by atoms with E-state index in [1.807, 2.05) is 45.0 Å². The molecule has 1 aromatic carbocycles. The number of halogens is 1. The molecule has 0 heterocycles. The van der Waals surface area contributed by atoms with Gasteiger partial charge in [0.05, 0.1) is 6.07 Å². The lowest BCUT2D eigenvalue weighted by atomic mass is 9.99. The minimum atomic E-state index is -0.699. The van der Waals surface area contributed by atoms with Crippen molar-refractivity contribution in [2.75, 3.05) is 0 Å². The van der Waals surface area contributed by atoms with E-state index in [9.17, 15) is 10.1 Å². The van der Waals surface area contributed by atoms with Crippen LogP contribution in [0.3, 0.4) is 0 Å². The predicted molar refractivity (Wildman–Crippen MR) is 84.5 cm³/mol. The number of benzene rings is 1. The molecule has 0 aliphatic rings. The van der Waals surface area contributed by atoms with Crippen molar-refractivity contribution in [1.82, 2.24) is 4.90 Å². The molecule has 0 spiro atoms. The third kappa shape index (κ3) is 4.35. The van der Waals surface area contributed by atoms with Gasteiger partial charge in [0.2, 0.25) is 0 Å². The van der Waals surface area contributed by atoms with Crippen molar-refractivity contribution in [3.05, 3.63) is 33.4 Å². The summed E-state index contributed by atoms with van der Waals surface area (Å²) >= 11 is 2.22. The predicted octanol–water partition coefficient (Wildman–Crippen LogP) is 2.84. The maximum Gasteiger partial charge on any atom is 0.430 e. The topological polar surface area (TPSA) is 79.3 Å². The van der Waals surface area contributed by atoms with Crippen molar-refractivity contribution in [1.29, 1.82) is 5.26 Å². The van der Waals surface area contributed by atoms with Gasteiger partial charge in [-0.05, 0) is 61.1 Å². The first-order chi connectivity index (χ1) is 9.29. The van der Waals surface area contributed by atoms with Gasteiger partial charge in [0.25, 0.3) is 0 Å². The summed E-state index contributed by atoms with van der Waals surface area (Å²) < 4.78 is 1.12. The quantitative estimate of drug-likeness (QED) is 0.639. The number of nitrogens with zero attached hydrogens (tertiary/aromatic N) is 2. The first-order valence-electron chi connectivity index (χ1n) is 6.13. The lowest BCUT2D eigenvalue weighted by Gasteiger charge is -2.37. The fourth-order valence-electron chi connectivity index (χ4n) is 1.96. The van der Waals surface area contributed by atoms with E-state index in [1.165, 1.54) is 4.90 Å². The van der Waals surface area contributed by atoms with E-state index < -0.39 is 17.7 Å². The van der Waals surface area contributed by atoms with Crippen LogP contribution in [0, 0.1) is 14.9 Å². The monoisotopic (exact) mass is 387 g/mol. The molecule has 5 nitrogen and oxygen atoms in total. The van der Waals surface area contributed by atoms with Crippen LogP contribution in [0.25, 0.3) is 0 Å². The summed E-state index contributed by atoms with van der Waals surface area (Å²) in [6, 6.07) is 9.34. The van der Waals surface area contributed by atoms with E-state index in [0.717, 1.165) is 9.13 Å². The summed E-state index contributed by atoms with van der Waals surface area (Å²) in [5.41, 5.74) is 0.427. The molecule has 6 heteroatoms. The molecule has 0 radical (unpaired) electrons. The van der Waals surface area contributed by atoms with Gasteiger partial charge in [-0.3, -0.25) is 4.90 Å². The molecule has 0 aromatic heterocycles. The maximum absolute atomic E-state index is 11.8. The normalized spacial score (nSPS) is 12.4. The largest absolute Gasteiger partial charge is 0.430 e. The summed E-state index contributed by atoms with van der Waals surface area (Å²) in [5, 5.41) is 9.38. The van der Waals surface area contributed by atoms with Gasteiger partial charge in [-0.25, -0.2) is 4.79 Å². The van der Waals surface area contributed by atoms with Crippen LogP contribution in [0.15, 0.2) is 24.3 Å². The summed E-state index contributed by atoms with van der Waals surface area (Å²) in [7, 11) is 0. The smallest absolute Gasteiger partial charge is 0.357 e. The SMILES string of the molecule is CC(C)(C)N(C(=O)ON)[C@H](C#N)Cc1ccc(I)cc1. The number of hydrogen-bond donors (Lipinski definition) is 1. The summed E-state index contributed by atoms with van der Waals surface area (Å²) in [5.74, 6) is 4.97. The van der Waals surface area contributed by atoms with Crippen molar-refractivity contribution in [3.63, 3.8) is 0 Å². The Morgan fingerprint density at radius 3 is 2.40 bits per heavy atom. The van der Waals surface area contributed by atoms with E-state index in [2.05, 4.69) is 33.5 Å². The van der Waals surface area contributed by atoms with Crippen LogP contribution in [0.2, 0.25) is 0 Å². The number of hydrogen-bond acceptors (Lipinski definition) is 4. The van der Waals surface area contributed by atoms with E-state index in [0.29, 0.717) is 6.42 Å². The second-order valence-corrected chi connectivity index (χ2v) is 6.65. The third-order valence-corrected chi connectivity index (χ3v) is 3.54. The van der Waals surface area contributed by atoms with E-state index in [1.54, 1.807) is 0 Å². The van der Waals surface area contributed by atoms with Crippen LogP contribution in [0.5, 0.6) is 0 Å². The molecule has 0 fully saturated rings. The second-order valence-electron chi connectivity index (χ2n) is 5.40. The Hall–Kier alpha value is -1.33. The highest BCUT2D eigenvalue weighted by Gasteiger charge is 2.34. The van der Waals surface area contributed by atoms with E-state index in [-0.39, 0.29) is 0 Å². The van der Waals surface area contributed by atoms with Crippen LogP contribution >= 0.6 is 22.6 Å². The number of rotatable bonds is 3. The Kier molecular flexibility index (Phi) is 5.77. The highest BCUT2D eigenvalue weighted by atomic mass is 127. The number of carbonyl (C=O) groups excluding carboxylic acids is 1.